The van der Waals surface area contributed by atoms with Crippen molar-refractivity contribution in [3.63, 3.8) is 0 Å². The van der Waals surface area contributed by atoms with Crippen molar-refractivity contribution in [2.75, 3.05) is 6.26 Å². The molecule has 0 atom stereocenters. The Labute approximate surface area is 129 Å². The highest BCUT2D eigenvalue weighted by Crippen LogP contribution is 2.35. The lowest BCUT2D eigenvalue weighted by Gasteiger charge is -2.17. The SMILES string of the molecule is Cc1ccc(-c2nc(C3(N)CCCC3)no2)cc1S(C)(=O)=O. The van der Waals surface area contributed by atoms with Crippen molar-refractivity contribution >= 4 is 9.84 Å². The van der Waals surface area contributed by atoms with Crippen LogP contribution in [0.2, 0.25) is 0 Å². The van der Waals surface area contributed by atoms with Gasteiger partial charge in [0.05, 0.1) is 10.4 Å². The van der Waals surface area contributed by atoms with E-state index in [4.69, 9.17) is 10.3 Å². The second-order valence-electron chi connectivity index (χ2n) is 6.04. The standard InChI is InChI=1S/C15H19N3O3S/c1-10-5-6-11(9-12(10)22(2,19)20)13-17-14(18-21-13)15(16)7-3-4-8-15/h5-6,9H,3-4,7-8,16H2,1-2H3. The summed E-state index contributed by atoms with van der Waals surface area (Å²) in [5, 5.41) is 4.00. The second kappa shape index (κ2) is 5.17. The lowest BCUT2D eigenvalue weighted by Crippen LogP contribution is -2.34. The average Bonchev–Trinajstić information content (AvgIpc) is 3.07. The molecule has 7 heteroatoms. The Hall–Kier alpha value is -1.73. The summed E-state index contributed by atoms with van der Waals surface area (Å²) in [5.41, 5.74) is 7.07. The predicted molar refractivity (Wildman–Crippen MR) is 81.9 cm³/mol. The predicted octanol–water partition coefficient (Wildman–Crippen LogP) is 2.18. The van der Waals surface area contributed by atoms with Crippen molar-refractivity contribution in [1.29, 1.82) is 0 Å². The lowest BCUT2D eigenvalue weighted by atomic mass is 9.99. The highest BCUT2D eigenvalue weighted by Gasteiger charge is 2.36. The van der Waals surface area contributed by atoms with Gasteiger partial charge in [-0.1, -0.05) is 24.1 Å². The van der Waals surface area contributed by atoms with E-state index >= 15 is 0 Å². The van der Waals surface area contributed by atoms with Crippen LogP contribution >= 0.6 is 0 Å². The van der Waals surface area contributed by atoms with E-state index in [1.54, 1.807) is 25.1 Å². The summed E-state index contributed by atoms with van der Waals surface area (Å²) in [7, 11) is -3.30. The van der Waals surface area contributed by atoms with Gasteiger partial charge in [0.25, 0.3) is 5.89 Å². The van der Waals surface area contributed by atoms with Gasteiger partial charge in [-0.25, -0.2) is 8.42 Å². The Kier molecular flexibility index (Phi) is 3.57. The lowest BCUT2D eigenvalue weighted by molar-refractivity contribution is 0.372. The number of nitrogens with zero attached hydrogens (tertiary/aromatic N) is 2. The smallest absolute Gasteiger partial charge is 0.258 e. The minimum atomic E-state index is -3.30. The van der Waals surface area contributed by atoms with Crippen LogP contribution < -0.4 is 5.73 Å². The normalized spacial score (nSPS) is 17.8. The van der Waals surface area contributed by atoms with E-state index in [9.17, 15) is 8.42 Å². The van der Waals surface area contributed by atoms with E-state index in [1.807, 2.05) is 0 Å². The van der Waals surface area contributed by atoms with Gasteiger partial charge < -0.3 is 10.3 Å². The number of hydrogen-bond acceptors (Lipinski definition) is 6. The molecule has 3 rings (SSSR count). The fourth-order valence-electron chi connectivity index (χ4n) is 2.91. The Morgan fingerprint density at radius 3 is 2.59 bits per heavy atom. The molecule has 118 valence electrons. The van der Waals surface area contributed by atoms with Gasteiger partial charge in [0.2, 0.25) is 0 Å². The van der Waals surface area contributed by atoms with E-state index in [1.165, 1.54) is 6.26 Å². The molecule has 1 aromatic carbocycles. The van der Waals surface area contributed by atoms with Gasteiger partial charge in [-0.15, -0.1) is 0 Å². The van der Waals surface area contributed by atoms with Crippen molar-refractivity contribution in [1.82, 2.24) is 10.1 Å². The number of aromatic nitrogens is 2. The fourth-order valence-corrected chi connectivity index (χ4v) is 3.90. The second-order valence-corrected chi connectivity index (χ2v) is 8.02. The van der Waals surface area contributed by atoms with E-state index < -0.39 is 15.4 Å². The van der Waals surface area contributed by atoms with Crippen LogP contribution in [0.3, 0.4) is 0 Å². The van der Waals surface area contributed by atoms with Gasteiger partial charge in [0, 0.05) is 11.8 Å². The van der Waals surface area contributed by atoms with Crippen LogP contribution in [0.15, 0.2) is 27.6 Å². The minimum Gasteiger partial charge on any atom is -0.334 e. The Balaban J connectivity index is 2.01. The molecular formula is C15H19N3O3S. The first kappa shape index (κ1) is 15.2. The summed E-state index contributed by atoms with van der Waals surface area (Å²) in [6, 6.07) is 5.09. The molecule has 1 aromatic heterocycles. The zero-order valence-corrected chi connectivity index (χ0v) is 13.5. The maximum atomic E-state index is 11.8. The van der Waals surface area contributed by atoms with Crippen molar-refractivity contribution in [3.05, 3.63) is 29.6 Å². The average molecular weight is 321 g/mol. The molecule has 0 radical (unpaired) electrons. The first-order valence-electron chi connectivity index (χ1n) is 7.24. The minimum absolute atomic E-state index is 0.271. The quantitative estimate of drug-likeness (QED) is 0.930. The fraction of sp³-hybridized carbons (Fsp3) is 0.467. The number of rotatable bonds is 3. The third-order valence-corrected chi connectivity index (χ3v) is 5.44. The first-order chi connectivity index (χ1) is 10.3. The van der Waals surface area contributed by atoms with Crippen molar-refractivity contribution in [3.8, 4) is 11.5 Å². The van der Waals surface area contributed by atoms with Gasteiger partial charge in [-0.3, -0.25) is 0 Å². The molecule has 1 fully saturated rings. The number of aryl methyl sites for hydroxylation is 1. The first-order valence-corrected chi connectivity index (χ1v) is 9.13. The number of sulfone groups is 1. The third kappa shape index (κ3) is 2.66. The number of nitrogens with two attached hydrogens (primary N) is 1. The number of hydrogen-bond donors (Lipinski definition) is 1. The molecule has 22 heavy (non-hydrogen) atoms. The zero-order valence-electron chi connectivity index (χ0n) is 12.7. The van der Waals surface area contributed by atoms with Gasteiger partial charge in [0.1, 0.15) is 0 Å². The molecule has 2 aromatic rings. The molecular weight excluding hydrogens is 302 g/mol. The van der Waals surface area contributed by atoms with Crippen molar-refractivity contribution < 1.29 is 12.9 Å². The molecule has 0 saturated heterocycles. The molecule has 0 aliphatic heterocycles. The maximum Gasteiger partial charge on any atom is 0.258 e. The largest absolute Gasteiger partial charge is 0.334 e. The van der Waals surface area contributed by atoms with Crippen LogP contribution in [-0.4, -0.2) is 24.8 Å². The van der Waals surface area contributed by atoms with Gasteiger partial charge in [-0.05, 0) is 37.5 Å². The molecule has 1 aliphatic rings. The van der Waals surface area contributed by atoms with Crippen LogP contribution in [0.1, 0.15) is 37.1 Å². The van der Waals surface area contributed by atoms with Crippen LogP contribution in [0.25, 0.3) is 11.5 Å². The summed E-state index contributed by atoms with van der Waals surface area (Å²) in [4.78, 5) is 4.66. The zero-order chi connectivity index (χ0) is 16.0. The summed E-state index contributed by atoms with van der Waals surface area (Å²) < 4.78 is 28.9. The van der Waals surface area contributed by atoms with Crippen LogP contribution in [-0.2, 0) is 15.4 Å². The molecule has 0 amide bonds. The Morgan fingerprint density at radius 2 is 1.95 bits per heavy atom. The van der Waals surface area contributed by atoms with Crippen LogP contribution in [0.5, 0.6) is 0 Å². The van der Waals surface area contributed by atoms with E-state index in [-0.39, 0.29) is 4.90 Å². The monoisotopic (exact) mass is 321 g/mol. The van der Waals surface area contributed by atoms with Crippen LogP contribution in [0, 0.1) is 6.92 Å². The number of benzene rings is 1. The highest BCUT2D eigenvalue weighted by molar-refractivity contribution is 7.90. The highest BCUT2D eigenvalue weighted by atomic mass is 32.2. The van der Waals surface area contributed by atoms with E-state index in [0.717, 1.165) is 25.7 Å². The third-order valence-electron chi connectivity index (χ3n) is 4.20. The Bertz CT molecular complexity index is 805. The summed E-state index contributed by atoms with van der Waals surface area (Å²) in [6.07, 6.45) is 4.99. The maximum absolute atomic E-state index is 11.8. The molecule has 1 heterocycles. The molecule has 2 N–H and O–H groups in total. The van der Waals surface area contributed by atoms with Crippen LogP contribution in [0.4, 0.5) is 0 Å². The summed E-state index contributed by atoms with van der Waals surface area (Å²) in [6.45, 7) is 1.76. The summed E-state index contributed by atoms with van der Waals surface area (Å²) in [5.74, 6) is 0.804. The van der Waals surface area contributed by atoms with Gasteiger partial charge in [0.15, 0.2) is 15.7 Å². The van der Waals surface area contributed by atoms with Crippen molar-refractivity contribution in [2.24, 2.45) is 5.73 Å². The van der Waals surface area contributed by atoms with Gasteiger partial charge >= 0.3 is 0 Å². The topological polar surface area (TPSA) is 99.1 Å². The molecule has 6 nitrogen and oxygen atoms in total. The van der Waals surface area contributed by atoms with Gasteiger partial charge in [-0.2, -0.15) is 4.98 Å². The molecule has 1 aliphatic carbocycles. The Morgan fingerprint density at radius 1 is 1.27 bits per heavy atom. The molecule has 0 unspecified atom stereocenters. The molecule has 0 bridgehead atoms. The van der Waals surface area contributed by atoms with E-state index in [0.29, 0.717) is 22.8 Å². The summed E-state index contributed by atoms with van der Waals surface area (Å²) >= 11 is 0. The molecule has 0 spiro atoms. The molecule has 1 saturated carbocycles. The van der Waals surface area contributed by atoms with E-state index in [2.05, 4.69) is 10.1 Å². The van der Waals surface area contributed by atoms with Crippen molar-refractivity contribution in [2.45, 2.75) is 43.0 Å².